The lowest BCUT2D eigenvalue weighted by Crippen LogP contribution is -2.53. The molecule has 0 heterocycles. The maximum Gasteiger partial charge on any atom is 0.243 e. The quantitative estimate of drug-likeness (QED) is 0.316. The van der Waals surface area contributed by atoms with E-state index in [-0.39, 0.29) is 24.3 Å². The molecular formula is C32H37BrN2O2. The van der Waals surface area contributed by atoms with Crippen molar-refractivity contribution in [3.8, 4) is 0 Å². The molecule has 194 valence electrons. The predicted octanol–water partition coefficient (Wildman–Crippen LogP) is 6.70. The van der Waals surface area contributed by atoms with E-state index in [1.165, 1.54) is 6.42 Å². The molecule has 0 unspecified atom stereocenters. The monoisotopic (exact) mass is 560 g/mol. The Labute approximate surface area is 229 Å². The highest BCUT2D eigenvalue weighted by Crippen LogP contribution is 2.22. The zero-order valence-corrected chi connectivity index (χ0v) is 23.5. The third-order valence-electron chi connectivity index (χ3n) is 7.10. The van der Waals surface area contributed by atoms with E-state index in [0.29, 0.717) is 13.0 Å². The van der Waals surface area contributed by atoms with Crippen LogP contribution in [0.3, 0.4) is 0 Å². The van der Waals surface area contributed by atoms with Crippen LogP contribution in [0.1, 0.15) is 59.9 Å². The molecule has 4 nitrogen and oxygen atoms in total. The summed E-state index contributed by atoms with van der Waals surface area (Å²) in [6.45, 7) is 4.48. The van der Waals surface area contributed by atoms with Gasteiger partial charge in [-0.05, 0) is 55.5 Å². The number of nitrogens with one attached hydrogen (secondary N) is 1. The molecule has 37 heavy (non-hydrogen) atoms. The van der Waals surface area contributed by atoms with Gasteiger partial charge in [-0.15, -0.1) is 0 Å². The third-order valence-corrected chi connectivity index (χ3v) is 7.59. The molecule has 0 bridgehead atoms. The van der Waals surface area contributed by atoms with Crippen LogP contribution in [0.5, 0.6) is 0 Å². The summed E-state index contributed by atoms with van der Waals surface area (Å²) in [5.74, 6) is -0.0933. The lowest BCUT2D eigenvalue weighted by molar-refractivity contribution is -0.141. The summed E-state index contributed by atoms with van der Waals surface area (Å²) in [5.41, 5.74) is 5.29. The molecule has 1 aliphatic carbocycles. The number of hydrogen-bond donors (Lipinski definition) is 1. The molecule has 0 saturated heterocycles. The summed E-state index contributed by atoms with van der Waals surface area (Å²) in [5, 5.41) is 3.31. The van der Waals surface area contributed by atoms with E-state index in [9.17, 15) is 9.59 Å². The molecule has 1 fully saturated rings. The molecule has 0 radical (unpaired) electrons. The smallest absolute Gasteiger partial charge is 0.243 e. The summed E-state index contributed by atoms with van der Waals surface area (Å²) in [6.07, 6.45) is 6.26. The Kier molecular flexibility index (Phi) is 9.56. The van der Waals surface area contributed by atoms with Crippen LogP contribution < -0.4 is 5.32 Å². The molecule has 4 rings (SSSR count). The van der Waals surface area contributed by atoms with Crippen molar-refractivity contribution in [2.24, 2.45) is 0 Å². The number of carbonyl (C=O) groups is 2. The molecule has 0 aromatic heterocycles. The first-order valence-corrected chi connectivity index (χ1v) is 14.1. The van der Waals surface area contributed by atoms with Crippen molar-refractivity contribution >= 4 is 27.7 Å². The Bertz CT molecular complexity index is 1180. The summed E-state index contributed by atoms with van der Waals surface area (Å²) < 4.78 is 0.956. The first-order valence-electron chi connectivity index (χ1n) is 13.3. The Morgan fingerprint density at radius 2 is 1.54 bits per heavy atom. The zero-order chi connectivity index (χ0) is 26.2. The number of hydrogen-bond acceptors (Lipinski definition) is 2. The second kappa shape index (κ2) is 13.0. The fourth-order valence-corrected chi connectivity index (χ4v) is 5.82. The van der Waals surface area contributed by atoms with Crippen LogP contribution in [0.2, 0.25) is 0 Å². The molecule has 2 amide bonds. The molecule has 3 aromatic rings. The van der Waals surface area contributed by atoms with Crippen molar-refractivity contribution in [1.82, 2.24) is 10.2 Å². The normalized spacial score (nSPS) is 14.7. The van der Waals surface area contributed by atoms with Gasteiger partial charge in [-0.25, -0.2) is 0 Å². The number of rotatable bonds is 9. The van der Waals surface area contributed by atoms with Crippen molar-refractivity contribution < 1.29 is 9.59 Å². The van der Waals surface area contributed by atoms with Crippen LogP contribution in [-0.2, 0) is 29.0 Å². The average Bonchev–Trinajstić information content (AvgIpc) is 2.86. The fourth-order valence-electron chi connectivity index (χ4n) is 5.38. The molecule has 0 spiro atoms. The minimum Gasteiger partial charge on any atom is -0.352 e. The van der Waals surface area contributed by atoms with Crippen LogP contribution in [-0.4, -0.2) is 28.8 Å². The van der Waals surface area contributed by atoms with Gasteiger partial charge in [0.2, 0.25) is 11.8 Å². The van der Waals surface area contributed by atoms with Crippen molar-refractivity contribution in [3.63, 3.8) is 0 Å². The average molecular weight is 562 g/mol. The first-order chi connectivity index (χ1) is 17.9. The molecule has 1 saturated carbocycles. The Hall–Kier alpha value is -2.92. The van der Waals surface area contributed by atoms with Crippen LogP contribution in [0.25, 0.3) is 0 Å². The fraction of sp³-hybridized carbons (Fsp3) is 0.375. The van der Waals surface area contributed by atoms with Gasteiger partial charge in [0, 0.05) is 23.5 Å². The second-order valence-electron chi connectivity index (χ2n) is 10.4. The molecule has 5 heteroatoms. The minimum absolute atomic E-state index is 0.0373. The second-order valence-corrected chi connectivity index (χ2v) is 11.3. The maximum atomic E-state index is 14.0. The highest BCUT2D eigenvalue weighted by molar-refractivity contribution is 9.10. The number of benzene rings is 3. The predicted molar refractivity (Wildman–Crippen MR) is 153 cm³/mol. The number of aryl methyl sites for hydroxylation is 2. The van der Waals surface area contributed by atoms with Gasteiger partial charge in [-0.1, -0.05) is 107 Å². The highest BCUT2D eigenvalue weighted by Gasteiger charge is 2.32. The summed E-state index contributed by atoms with van der Waals surface area (Å²) in [6, 6.07) is 23.8. The molecule has 3 aromatic carbocycles. The molecular weight excluding hydrogens is 524 g/mol. The van der Waals surface area contributed by atoms with Crippen LogP contribution in [0.15, 0.2) is 77.3 Å². The number of carbonyl (C=O) groups excluding carboxylic acids is 2. The van der Waals surface area contributed by atoms with Crippen molar-refractivity contribution in [1.29, 1.82) is 0 Å². The Balaban J connectivity index is 1.67. The van der Waals surface area contributed by atoms with E-state index in [2.05, 4.69) is 53.3 Å². The van der Waals surface area contributed by atoms with Gasteiger partial charge < -0.3 is 10.2 Å². The van der Waals surface area contributed by atoms with Crippen LogP contribution >= 0.6 is 15.9 Å². The van der Waals surface area contributed by atoms with E-state index in [0.717, 1.165) is 58.0 Å². The molecule has 0 aliphatic heterocycles. The van der Waals surface area contributed by atoms with E-state index in [1.54, 1.807) is 4.90 Å². The molecule has 1 atom stereocenters. The van der Waals surface area contributed by atoms with Crippen molar-refractivity contribution in [2.45, 2.75) is 77.4 Å². The molecule has 1 aliphatic rings. The van der Waals surface area contributed by atoms with E-state index >= 15 is 0 Å². The van der Waals surface area contributed by atoms with Gasteiger partial charge in [0.25, 0.3) is 0 Å². The number of halogens is 1. The molecule has 1 N–H and O–H groups in total. The van der Waals surface area contributed by atoms with Crippen molar-refractivity contribution in [3.05, 3.63) is 105 Å². The summed E-state index contributed by atoms with van der Waals surface area (Å²) >= 11 is 3.56. The van der Waals surface area contributed by atoms with Crippen molar-refractivity contribution in [2.75, 3.05) is 0 Å². The third kappa shape index (κ3) is 8.03. The van der Waals surface area contributed by atoms with E-state index < -0.39 is 6.04 Å². The van der Waals surface area contributed by atoms with Gasteiger partial charge in [-0.3, -0.25) is 9.59 Å². The summed E-state index contributed by atoms with van der Waals surface area (Å²) in [4.78, 5) is 29.6. The number of nitrogens with zero attached hydrogens (tertiary/aromatic N) is 1. The van der Waals surface area contributed by atoms with Gasteiger partial charge >= 0.3 is 0 Å². The lowest BCUT2D eigenvalue weighted by Gasteiger charge is -2.33. The van der Waals surface area contributed by atoms with Crippen LogP contribution in [0, 0.1) is 13.8 Å². The Morgan fingerprint density at radius 3 is 2.22 bits per heavy atom. The zero-order valence-electron chi connectivity index (χ0n) is 21.9. The highest BCUT2D eigenvalue weighted by atomic mass is 79.9. The standard InChI is InChI=1S/C32H37BrN2O2/c1-23-16-24(2)18-27(17-23)21-31(36)35(22-26-12-9-13-28(33)19-26)30(20-25-10-5-3-6-11-25)32(37)34-29-14-7-4-8-15-29/h3,5-6,9-13,16-19,29-30H,4,7-8,14-15,20-22H2,1-2H3,(H,34,37)/t30-/m0/s1. The Morgan fingerprint density at radius 1 is 0.865 bits per heavy atom. The maximum absolute atomic E-state index is 14.0. The minimum atomic E-state index is -0.596. The first kappa shape index (κ1) is 27.1. The number of amides is 2. The van der Waals surface area contributed by atoms with Gasteiger partial charge in [-0.2, -0.15) is 0 Å². The van der Waals surface area contributed by atoms with Crippen LogP contribution in [0.4, 0.5) is 0 Å². The SMILES string of the molecule is Cc1cc(C)cc(CC(=O)N(Cc2cccc(Br)c2)[C@@H](Cc2ccccc2)C(=O)NC2CCCCC2)c1. The topological polar surface area (TPSA) is 49.4 Å². The largest absolute Gasteiger partial charge is 0.352 e. The van der Waals surface area contributed by atoms with Gasteiger partial charge in [0.05, 0.1) is 6.42 Å². The van der Waals surface area contributed by atoms with Gasteiger partial charge in [0.1, 0.15) is 6.04 Å². The van der Waals surface area contributed by atoms with E-state index in [4.69, 9.17) is 0 Å². The van der Waals surface area contributed by atoms with Gasteiger partial charge in [0.15, 0.2) is 0 Å². The van der Waals surface area contributed by atoms with E-state index in [1.807, 2.05) is 54.6 Å². The summed E-state index contributed by atoms with van der Waals surface area (Å²) in [7, 11) is 0. The lowest BCUT2D eigenvalue weighted by atomic mass is 9.94.